The second kappa shape index (κ2) is 4.05. The van der Waals surface area contributed by atoms with Crippen molar-refractivity contribution in [2.75, 3.05) is 26.4 Å². The quantitative estimate of drug-likeness (QED) is 0.811. The highest BCUT2D eigenvalue weighted by molar-refractivity contribution is 5.20. The van der Waals surface area contributed by atoms with Crippen LogP contribution in [-0.4, -0.2) is 41.7 Å². The first-order valence-electron chi connectivity index (χ1n) is 6.51. The van der Waals surface area contributed by atoms with Crippen LogP contribution in [0.25, 0.3) is 0 Å². The van der Waals surface area contributed by atoms with Crippen molar-refractivity contribution in [1.82, 2.24) is 15.1 Å². The lowest BCUT2D eigenvalue weighted by atomic mass is 9.87. The third-order valence-electron chi connectivity index (χ3n) is 3.68. The largest absolute Gasteiger partial charge is 0.375 e. The Morgan fingerprint density at radius 2 is 2.22 bits per heavy atom. The van der Waals surface area contributed by atoms with E-state index >= 15 is 0 Å². The van der Waals surface area contributed by atoms with Gasteiger partial charge >= 0.3 is 0 Å². The van der Waals surface area contributed by atoms with Crippen molar-refractivity contribution in [3.63, 3.8) is 0 Å². The molecule has 1 unspecified atom stereocenters. The zero-order valence-corrected chi connectivity index (χ0v) is 11.3. The summed E-state index contributed by atoms with van der Waals surface area (Å²) in [6, 6.07) is 0.191. The van der Waals surface area contributed by atoms with E-state index in [1.54, 1.807) is 0 Å². The standard InChI is InChI=1S/C13H21N3O2/c1-12(2,3)16-7-10(6-15-16)11-13(8-17-9-13)18-5-4-14-11/h6-7,11,14H,4-5,8-9H2,1-3H3. The Morgan fingerprint density at radius 1 is 1.44 bits per heavy atom. The molecular formula is C13H21N3O2. The molecule has 3 rings (SSSR count). The van der Waals surface area contributed by atoms with Crippen molar-refractivity contribution < 1.29 is 9.47 Å². The topological polar surface area (TPSA) is 48.3 Å². The molecule has 3 heterocycles. The lowest BCUT2D eigenvalue weighted by Crippen LogP contribution is -2.63. The van der Waals surface area contributed by atoms with Gasteiger partial charge in [0.2, 0.25) is 0 Å². The highest BCUT2D eigenvalue weighted by atomic mass is 16.6. The fraction of sp³-hybridized carbons (Fsp3) is 0.769. The van der Waals surface area contributed by atoms with E-state index in [1.807, 2.05) is 10.9 Å². The lowest BCUT2D eigenvalue weighted by Gasteiger charge is -2.49. The molecule has 1 aromatic rings. The Hall–Kier alpha value is -0.910. The minimum atomic E-state index is -0.177. The van der Waals surface area contributed by atoms with Gasteiger partial charge in [0.1, 0.15) is 5.60 Å². The highest BCUT2D eigenvalue weighted by Gasteiger charge is 2.49. The van der Waals surface area contributed by atoms with Gasteiger partial charge in [-0.2, -0.15) is 5.10 Å². The second-order valence-corrected chi connectivity index (χ2v) is 6.18. The Bertz CT molecular complexity index is 432. The van der Waals surface area contributed by atoms with Gasteiger partial charge in [-0.25, -0.2) is 0 Å². The summed E-state index contributed by atoms with van der Waals surface area (Å²) in [6.07, 6.45) is 4.06. The number of hydrogen-bond acceptors (Lipinski definition) is 4. The number of aromatic nitrogens is 2. The Kier molecular flexibility index (Phi) is 2.73. The van der Waals surface area contributed by atoms with E-state index in [-0.39, 0.29) is 17.2 Å². The lowest BCUT2D eigenvalue weighted by molar-refractivity contribution is -0.239. The summed E-state index contributed by atoms with van der Waals surface area (Å²) in [5.74, 6) is 0. The zero-order chi connectivity index (χ0) is 12.8. The van der Waals surface area contributed by atoms with E-state index in [2.05, 4.69) is 37.4 Å². The van der Waals surface area contributed by atoms with Gasteiger partial charge in [-0.15, -0.1) is 0 Å². The average molecular weight is 251 g/mol. The van der Waals surface area contributed by atoms with Gasteiger partial charge < -0.3 is 14.8 Å². The molecule has 2 fully saturated rings. The number of morpholine rings is 1. The molecule has 2 saturated heterocycles. The monoisotopic (exact) mass is 251 g/mol. The maximum atomic E-state index is 5.94. The van der Waals surface area contributed by atoms with Crippen LogP contribution in [0, 0.1) is 0 Å². The maximum Gasteiger partial charge on any atom is 0.134 e. The predicted octanol–water partition coefficient (Wildman–Crippen LogP) is 1.07. The predicted molar refractivity (Wildman–Crippen MR) is 67.5 cm³/mol. The molecule has 0 saturated carbocycles. The van der Waals surface area contributed by atoms with E-state index in [4.69, 9.17) is 9.47 Å². The number of rotatable bonds is 1. The van der Waals surface area contributed by atoms with Crippen molar-refractivity contribution in [3.8, 4) is 0 Å². The molecule has 0 amide bonds. The molecule has 100 valence electrons. The van der Waals surface area contributed by atoms with Gasteiger partial charge in [-0.3, -0.25) is 4.68 Å². The van der Waals surface area contributed by atoms with Crippen LogP contribution in [-0.2, 0) is 15.0 Å². The SMILES string of the molecule is CC(C)(C)n1cc(C2NCCOC23COC3)cn1. The molecule has 0 bridgehead atoms. The second-order valence-electron chi connectivity index (χ2n) is 6.18. The first kappa shape index (κ1) is 12.1. The van der Waals surface area contributed by atoms with Gasteiger partial charge in [0, 0.05) is 18.3 Å². The van der Waals surface area contributed by atoms with Crippen LogP contribution in [0.1, 0.15) is 32.4 Å². The van der Waals surface area contributed by atoms with Gasteiger partial charge in [0.05, 0.1) is 37.6 Å². The maximum absolute atomic E-state index is 5.94. The third-order valence-corrected chi connectivity index (χ3v) is 3.68. The van der Waals surface area contributed by atoms with Gasteiger partial charge in [0.25, 0.3) is 0 Å². The summed E-state index contributed by atoms with van der Waals surface area (Å²) in [4.78, 5) is 0. The molecule has 0 aliphatic carbocycles. The summed E-state index contributed by atoms with van der Waals surface area (Å²) in [6.45, 7) is 9.43. The van der Waals surface area contributed by atoms with E-state index in [9.17, 15) is 0 Å². The zero-order valence-electron chi connectivity index (χ0n) is 11.3. The summed E-state index contributed by atoms with van der Waals surface area (Å²) >= 11 is 0. The summed E-state index contributed by atoms with van der Waals surface area (Å²) in [5.41, 5.74) is 1.02. The van der Waals surface area contributed by atoms with Crippen molar-refractivity contribution in [2.24, 2.45) is 0 Å². The van der Waals surface area contributed by atoms with Crippen LogP contribution in [0.2, 0.25) is 0 Å². The Balaban J connectivity index is 1.87. The number of nitrogens with zero attached hydrogens (tertiary/aromatic N) is 2. The summed E-state index contributed by atoms with van der Waals surface area (Å²) in [7, 11) is 0. The van der Waals surface area contributed by atoms with E-state index in [0.29, 0.717) is 13.2 Å². The molecule has 2 aliphatic rings. The minimum Gasteiger partial charge on any atom is -0.375 e. The van der Waals surface area contributed by atoms with E-state index in [0.717, 1.165) is 13.2 Å². The number of nitrogens with one attached hydrogen (secondary N) is 1. The first-order valence-corrected chi connectivity index (χ1v) is 6.51. The molecule has 18 heavy (non-hydrogen) atoms. The van der Waals surface area contributed by atoms with Gasteiger partial charge in [-0.05, 0) is 20.8 Å². The fourth-order valence-corrected chi connectivity index (χ4v) is 2.55. The van der Waals surface area contributed by atoms with E-state index < -0.39 is 0 Å². The average Bonchev–Trinajstić information content (AvgIpc) is 2.75. The molecule has 0 aromatic carbocycles. The van der Waals surface area contributed by atoms with Crippen LogP contribution in [0.5, 0.6) is 0 Å². The van der Waals surface area contributed by atoms with Crippen LogP contribution in [0.3, 0.4) is 0 Å². The van der Waals surface area contributed by atoms with Crippen LogP contribution < -0.4 is 5.32 Å². The molecule has 1 atom stereocenters. The van der Waals surface area contributed by atoms with Crippen molar-refractivity contribution in [3.05, 3.63) is 18.0 Å². The molecule has 5 nitrogen and oxygen atoms in total. The number of ether oxygens (including phenoxy) is 2. The smallest absolute Gasteiger partial charge is 0.134 e. The minimum absolute atomic E-state index is 0.0110. The first-order chi connectivity index (χ1) is 8.51. The highest BCUT2D eigenvalue weighted by Crippen LogP contribution is 2.37. The molecular weight excluding hydrogens is 230 g/mol. The summed E-state index contributed by atoms with van der Waals surface area (Å²) in [5, 5.41) is 8.00. The van der Waals surface area contributed by atoms with Gasteiger partial charge in [-0.1, -0.05) is 0 Å². The van der Waals surface area contributed by atoms with Crippen molar-refractivity contribution >= 4 is 0 Å². The molecule has 2 aliphatic heterocycles. The van der Waals surface area contributed by atoms with Crippen molar-refractivity contribution in [1.29, 1.82) is 0 Å². The number of hydrogen-bond donors (Lipinski definition) is 1. The van der Waals surface area contributed by atoms with Crippen LogP contribution in [0.15, 0.2) is 12.4 Å². The van der Waals surface area contributed by atoms with Crippen LogP contribution in [0.4, 0.5) is 0 Å². The van der Waals surface area contributed by atoms with E-state index in [1.165, 1.54) is 5.56 Å². The Labute approximate surface area is 107 Å². The fourth-order valence-electron chi connectivity index (χ4n) is 2.55. The summed E-state index contributed by atoms with van der Waals surface area (Å²) < 4.78 is 13.3. The van der Waals surface area contributed by atoms with Crippen molar-refractivity contribution in [2.45, 2.75) is 38.0 Å². The molecule has 5 heteroatoms. The third kappa shape index (κ3) is 1.86. The molecule has 1 aromatic heterocycles. The molecule has 1 spiro atoms. The van der Waals surface area contributed by atoms with Gasteiger partial charge in [0.15, 0.2) is 0 Å². The van der Waals surface area contributed by atoms with Crippen LogP contribution >= 0.6 is 0 Å². The normalized spacial score (nSPS) is 27.2. The molecule has 1 N–H and O–H groups in total. The Morgan fingerprint density at radius 3 is 2.78 bits per heavy atom. The molecule has 0 radical (unpaired) electrons.